The molecule has 2 heterocycles. The molecule has 72 valence electrons. The van der Waals surface area contributed by atoms with E-state index in [0.29, 0.717) is 5.92 Å². The smallest absolute Gasteiger partial charge is 0.178 e. The Labute approximate surface area is 77.2 Å². The Hall–Kier alpha value is -1.03. The van der Waals surface area contributed by atoms with E-state index in [-0.39, 0.29) is 0 Å². The second kappa shape index (κ2) is 4.28. The normalized spacial score (nSPS) is 18.8. The average Bonchev–Trinajstić information content (AvgIpc) is 2.69. The highest BCUT2D eigenvalue weighted by molar-refractivity contribution is 5.07. The van der Waals surface area contributed by atoms with Crippen molar-refractivity contribution < 1.29 is 9.26 Å². The lowest BCUT2D eigenvalue weighted by atomic mass is 9.99. The maximum absolute atomic E-state index is 5.50. The van der Waals surface area contributed by atoms with Gasteiger partial charge >= 0.3 is 0 Å². The van der Waals surface area contributed by atoms with Crippen LogP contribution in [0.3, 0.4) is 0 Å². The van der Waals surface area contributed by atoms with E-state index in [1.807, 2.05) is 0 Å². The highest BCUT2D eigenvalue weighted by Crippen LogP contribution is 2.14. The molecule has 0 aliphatic carbocycles. The van der Waals surface area contributed by atoms with Crippen molar-refractivity contribution in [2.24, 2.45) is 5.92 Å². The summed E-state index contributed by atoms with van der Waals surface area (Å²) >= 11 is 0. The van der Waals surface area contributed by atoms with Crippen LogP contribution in [0.15, 0.2) is 17.0 Å². The van der Waals surface area contributed by atoms with Crippen molar-refractivity contribution in [2.45, 2.75) is 12.8 Å². The van der Waals surface area contributed by atoms with Crippen LogP contribution < -0.4 is 10.1 Å². The van der Waals surface area contributed by atoms with Crippen LogP contribution in [-0.2, 0) is 0 Å². The molecule has 13 heavy (non-hydrogen) atoms. The zero-order valence-corrected chi connectivity index (χ0v) is 7.53. The number of nitrogens with zero attached hydrogens (tertiary/aromatic N) is 1. The lowest BCUT2D eigenvalue weighted by Crippen LogP contribution is -2.30. The van der Waals surface area contributed by atoms with Crippen LogP contribution in [-0.4, -0.2) is 24.9 Å². The minimum absolute atomic E-state index is 0.677. The first-order valence-corrected chi connectivity index (χ1v) is 4.68. The topological polar surface area (TPSA) is 47.3 Å². The first kappa shape index (κ1) is 8.56. The zero-order chi connectivity index (χ0) is 8.93. The molecule has 0 bridgehead atoms. The Morgan fingerprint density at radius 3 is 3.08 bits per heavy atom. The maximum Gasteiger partial charge on any atom is 0.178 e. The van der Waals surface area contributed by atoms with Gasteiger partial charge in [0.25, 0.3) is 0 Å². The number of aromatic nitrogens is 1. The number of rotatable bonds is 3. The summed E-state index contributed by atoms with van der Waals surface area (Å²) in [6.07, 6.45) is 5.53. The first-order valence-electron chi connectivity index (χ1n) is 4.68. The van der Waals surface area contributed by atoms with Crippen molar-refractivity contribution >= 4 is 0 Å². The zero-order valence-electron chi connectivity index (χ0n) is 7.53. The van der Waals surface area contributed by atoms with Crippen LogP contribution in [0.1, 0.15) is 12.8 Å². The van der Waals surface area contributed by atoms with Gasteiger partial charge in [0.05, 0.1) is 6.61 Å². The fourth-order valence-corrected chi connectivity index (χ4v) is 1.53. The Morgan fingerprint density at radius 1 is 1.54 bits per heavy atom. The molecule has 1 aromatic heterocycles. The van der Waals surface area contributed by atoms with Gasteiger partial charge in [0, 0.05) is 0 Å². The van der Waals surface area contributed by atoms with E-state index >= 15 is 0 Å². The Balaban J connectivity index is 1.72. The van der Waals surface area contributed by atoms with Crippen LogP contribution >= 0.6 is 0 Å². The molecule has 1 fully saturated rings. The number of nitrogens with one attached hydrogen (secondary N) is 1. The summed E-state index contributed by atoms with van der Waals surface area (Å²) in [5.41, 5.74) is 0. The predicted octanol–water partition coefficient (Wildman–Crippen LogP) is 1.05. The predicted molar refractivity (Wildman–Crippen MR) is 47.6 cm³/mol. The summed E-state index contributed by atoms with van der Waals surface area (Å²) in [6.45, 7) is 3.00. The third-order valence-electron chi connectivity index (χ3n) is 2.35. The molecular weight excluding hydrogens is 168 g/mol. The molecule has 2 rings (SSSR count). The number of hydrogen-bond donors (Lipinski definition) is 1. The second-order valence-corrected chi connectivity index (χ2v) is 3.36. The van der Waals surface area contributed by atoms with Crippen molar-refractivity contribution in [3.63, 3.8) is 0 Å². The Morgan fingerprint density at radius 2 is 2.38 bits per heavy atom. The Kier molecular flexibility index (Phi) is 2.82. The number of piperidine rings is 1. The Bertz CT molecular complexity index is 230. The molecule has 0 amide bonds. The first-order chi connectivity index (χ1) is 6.45. The fourth-order valence-electron chi connectivity index (χ4n) is 1.53. The highest BCUT2D eigenvalue weighted by atomic mass is 16.5. The van der Waals surface area contributed by atoms with Crippen molar-refractivity contribution in [2.75, 3.05) is 19.7 Å². The van der Waals surface area contributed by atoms with Crippen molar-refractivity contribution in [3.05, 3.63) is 12.5 Å². The summed E-state index contributed by atoms with van der Waals surface area (Å²) in [6, 6.07) is 0. The van der Waals surface area contributed by atoms with E-state index in [4.69, 9.17) is 4.74 Å². The van der Waals surface area contributed by atoms with Crippen LogP contribution in [0, 0.1) is 5.92 Å². The molecule has 0 atom stereocenters. The second-order valence-electron chi connectivity index (χ2n) is 3.36. The number of ether oxygens (including phenoxy) is 1. The van der Waals surface area contributed by atoms with E-state index < -0.39 is 0 Å². The van der Waals surface area contributed by atoms with E-state index in [9.17, 15) is 0 Å². The van der Waals surface area contributed by atoms with Gasteiger partial charge in [-0.25, -0.2) is 0 Å². The van der Waals surface area contributed by atoms with E-state index in [1.54, 1.807) is 6.20 Å². The van der Waals surface area contributed by atoms with E-state index in [2.05, 4.69) is 15.0 Å². The monoisotopic (exact) mass is 182 g/mol. The van der Waals surface area contributed by atoms with Gasteiger partial charge in [-0.3, -0.25) is 0 Å². The van der Waals surface area contributed by atoms with Gasteiger partial charge in [-0.15, -0.1) is 0 Å². The lowest BCUT2D eigenvalue weighted by molar-refractivity contribution is 0.214. The molecule has 0 unspecified atom stereocenters. The van der Waals surface area contributed by atoms with E-state index in [0.717, 1.165) is 25.4 Å². The summed E-state index contributed by atoms with van der Waals surface area (Å²) in [7, 11) is 0. The van der Waals surface area contributed by atoms with E-state index in [1.165, 1.54) is 19.1 Å². The molecule has 0 spiro atoms. The van der Waals surface area contributed by atoms with Crippen LogP contribution in [0.2, 0.25) is 0 Å². The minimum atomic E-state index is 0.677. The molecule has 0 radical (unpaired) electrons. The van der Waals surface area contributed by atoms with Crippen LogP contribution in [0.5, 0.6) is 5.75 Å². The van der Waals surface area contributed by atoms with Crippen LogP contribution in [0.4, 0.5) is 0 Å². The summed E-state index contributed by atoms with van der Waals surface area (Å²) < 4.78 is 10.2. The molecule has 1 aliphatic rings. The molecular formula is C9H14N2O2. The van der Waals surface area contributed by atoms with Gasteiger partial charge in [-0.05, 0) is 31.8 Å². The van der Waals surface area contributed by atoms with Crippen molar-refractivity contribution in [3.8, 4) is 5.75 Å². The number of hydrogen-bond acceptors (Lipinski definition) is 4. The molecule has 0 aromatic carbocycles. The van der Waals surface area contributed by atoms with Gasteiger partial charge in [0.2, 0.25) is 0 Å². The van der Waals surface area contributed by atoms with Crippen molar-refractivity contribution in [1.29, 1.82) is 0 Å². The van der Waals surface area contributed by atoms with Gasteiger partial charge in [-0.2, -0.15) is 0 Å². The average molecular weight is 182 g/mol. The quantitative estimate of drug-likeness (QED) is 0.759. The summed E-state index contributed by atoms with van der Waals surface area (Å²) in [5, 5.41) is 6.90. The summed E-state index contributed by atoms with van der Waals surface area (Å²) in [4.78, 5) is 0. The maximum atomic E-state index is 5.50. The van der Waals surface area contributed by atoms with Gasteiger partial charge < -0.3 is 14.6 Å². The van der Waals surface area contributed by atoms with Gasteiger partial charge in [0.1, 0.15) is 6.20 Å². The summed E-state index contributed by atoms with van der Waals surface area (Å²) in [5.74, 6) is 1.41. The molecule has 4 nitrogen and oxygen atoms in total. The standard InChI is InChI=1S/C9H14N2O2/c1-3-10-4-2-8(1)6-12-9-5-11-13-7-9/h5,7-8,10H,1-4,6H2. The molecule has 1 N–H and O–H groups in total. The molecule has 0 saturated carbocycles. The van der Waals surface area contributed by atoms with Crippen LogP contribution in [0.25, 0.3) is 0 Å². The largest absolute Gasteiger partial charge is 0.488 e. The molecule has 1 aromatic rings. The lowest BCUT2D eigenvalue weighted by Gasteiger charge is -2.21. The fraction of sp³-hybridized carbons (Fsp3) is 0.667. The molecule has 1 saturated heterocycles. The molecule has 4 heteroatoms. The van der Waals surface area contributed by atoms with Gasteiger partial charge in [0.15, 0.2) is 12.0 Å². The third-order valence-corrected chi connectivity index (χ3v) is 2.35. The molecule has 1 aliphatic heterocycles. The van der Waals surface area contributed by atoms with Crippen molar-refractivity contribution in [1.82, 2.24) is 10.5 Å². The van der Waals surface area contributed by atoms with Gasteiger partial charge in [-0.1, -0.05) is 5.16 Å². The SMILES string of the molecule is c1nocc1OCC1CCNCC1. The highest BCUT2D eigenvalue weighted by Gasteiger charge is 2.13. The minimum Gasteiger partial charge on any atom is -0.488 e. The third kappa shape index (κ3) is 2.45.